The number of likely N-dealkylation sites (tertiary alicyclic amines) is 1. The average Bonchev–Trinajstić information content (AvgIpc) is 3.17. The summed E-state index contributed by atoms with van der Waals surface area (Å²) >= 11 is 0. The Balaban J connectivity index is 1.42. The number of nitrogens with one attached hydrogen (secondary N) is 2. The van der Waals surface area contributed by atoms with Crippen LogP contribution < -0.4 is 4.72 Å². The van der Waals surface area contributed by atoms with Crippen LogP contribution in [0.2, 0.25) is 0 Å². The topological polar surface area (TPSA) is 82.3 Å². The Bertz CT molecular complexity index is 1220. The highest BCUT2D eigenvalue weighted by Crippen LogP contribution is 2.28. The number of halogens is 3. The number of rotatable bonds is 5. The van der Waals surface area contributed by atoms with Crippen molar-refractivity contribution < 1.29 is 26.4 Å². The number of aromatic amines is 1. The highest BCUT2D eigenvalue weighted by Gasteiger charge is 2.46. The monoisotopic (exact) mass is 465 g/mol. The van der Waals surface area contributed by atoms with Crippen molar-refractivity contribution in [3.8, 4) is 0 Å². The number of fused-ring (bicyclic) bond motifs is 1. The maximum absolute atomic E-state index is 12.9. The van der Waals surface area contributed by atoms with Crippen LogP contribution in [-0.2, 0) is 16.4 Å². The van der Waals surface area contributed by atoms with E-state index in [9.17, 15) is 26.4 Å². The molecule has 0 bridgehead atoms. The standard InChI is InChI=1S/C22H22F3N3O3S/c23-22(24,25)32(30,31)27-18-6-7-19-17(13-18)14-20(26-19)21(29)28-10-8-16(9-11-28)12-15-4-2-1-3-5-15/h1-7,13-14,16,26-27H,8-12H2. The molecule has 0 saturated carbocycles. The summed E-state index contributed by atoms with van der Waals surface area (Å²) in [7, 11) is -5.51. The summed E-state index contributed by atoms with van der Waals surface area (Å²) in [5.41, 5.74) is -3.51. The molecule has 1 saturated heterocycles. The van der Waals surface area contributed by atoms with Gasteiger partial charge in [-0.15, -0.1) is 0 Å². The fourth-order valence-corrected chi connectivity index (χ4v) is 4.54. The van der Waals surface area contributed by atoms with E-state index >= 15 is 0 Å². The van der Waals surface area contributed by atoms with Crippen LogP contribution in [0.1, 0.15) is 28.9 Å². The Morgan fingerprint density at radius 3 is 2.41 bits per heavy atom. The molecule has 10 heteroatoms. The minimum absolute atomic E-state index is 0.184. The van der Waals surface area contributed by atoms with Crippen molar-refractivity contribution in [2.45, 2.75) is 24.8 Å². The van der Waals surface area contributed by atoms with E-state index in [2.05, 4.69) is 17.1 Å². The number of alkyl halides is 3. The molecule has 32 heavy (non-hydrogen) atoms. The molecule has 2 N–H and O–H groups in total. The molecule has 1 amide bonds. The number of hydrogen-bond acceptors (Lipinski definition) is 3. The SMILES string of the molecule is O=C(c1cc2cc(NS(=O)(=O)C(F)(F)F)ccc2[nH]1)N1CCC(Cc2ccccc2)CC1. The summed E-state index contributed by atoms with van der Waals surface area (Å²) in [6.45, 7) is 1.25. The van der Waals surface area contributed by atoms with Gasteiger partial charge in [-0.3, -0.25) is 9.52 Å². The van der Waals surface area contributed by atoms with Crippen molar-refractivity contribution in [2.24, 2.45) is 5.92 Å². The second-order valence-corrected chi connectivity index (χ2v) is 9.64. The fourth-order valence-electron chi connectivity index (χ4n) is 3.98. The van der Waals surface area contributed by atoms with Gasteiger partial charge in [-0.25, -0.2) is 0 Å². The zero-order valence-corrected chi connectivity index (χ0v) is 17.8. The Hall–Kier alpha value is -3.01. The van der Waals surface area contributed by atoms with Gasteiger partial charge in [-0.1, -0.05) is 30.3 Å². The summed E-state index contributed by atoms with van der Waals surface area (Å²) in [6, 6.07) is 15.7. The third-order valence-electron chi connectivity index (χ3n) is 5.68. The van der Waals surface area contributed by atoms with Crippen LogP contribution in [0.4, 0.5) is 18.9 Å². The minimum Gasteiger partial charge on any atom is -0.351 e. The molecule has 1 aromatic heterocycles. The van der Waals surface area contributed by atoms with Crippen molar-refractivity contribution in [1.82, 2.24) is 9.88 Å². The number of nitrogens with zero attached hydrogens (tertiary/aromatic N) is 1. The van der Waals surface area contributed by atoms with Gasteiger partial charge < -0.3 is 9.88 Å². The zero-order chi connectivity index (χ0) is 22.9. The van der Waals surface area contributed by atoms with Gasteiger partial charge in [0, 0.05) is 29.7 Å². The average molecular weight is 465 g/mol. The van der Waals surface area contributed by atoms with E-state index in [1.165, 1.54) is 34.6 Å². The van der Waals surface area contributed by atoms with Gasteiger partial charge in [0.1, 0.15) is 5.69 Å². The maximum Gasteiger partial charge on any atom is 0.516 e. The van der Waals surface area contributed by atoms with E-state index in [0.29, 0.717) is 35.6 Å². The van der Waals surface area contributed by atoms with Crippen LogP contribution >= 0.6 is 0 Å². The third-order valence-corrected chi connectivity index (χ3v) is 6.79. The first-order valence-corrected chi connectivity index (χ1v) is 11.7. The number of amides is 1. The van der Waals surface area contributed by atoms with Crippen LogP contribution in [0.15, 0.2) is 54.6 Å². The predicted octanol–water partition coefficient (Wildman–Crippen LogP) is 4.52. The predicted molar refractivity (Wildman–Crippen MR) is 116 cm³/mol. The quantitative estimate of drug-likeness (QED) is 0.581. The normalized spacial score (nSPS) is 15.8. The second kappa shape index (κ2) is 8.50. The summed E-state index contributed by atoms with van der Waals surface area (Å²) in [4.78, 5) is 17.7. The molecule has 0 unspecified atom stereocenters. The van der Waals surface area contributed by atoms with Crippen LogP contribution in [0.5, 0.6) is 0 Å². The Morgan fingerprint density at radius 2 is 1.75 bits per heavy atom. The lowest BCUT2D eigenvalue weighted by molar-refractivity contribution is -0.0429. The molecule has 3 aromatic rings. The number of benzene rings is 2. The van der Waals surface area contributed by atoms with Crippen LogP contribution in [0, 0.1) is 5.92 Å². The van der Waals surface area contributed by atoms with Crippen molar-refractivity contribution in [3.05, 3.63) is 65.9 Å². The Kier molecular flexibility index (Phi) is 5.89. The van der Waals surface area contributed by atoms with E-state index in [-0.39, 0.29) is 11.6 Å². The summed E-state index contributed by atoms with van der Waals surface area (Å²) in [5.74, 6) is 0.324. The fraction of sp³-hybridized carbons (Fsp3) is 0.318. The molecule has 2 aromatic carbocycles. The molecule has 170 valence electrons. The van der Waals surface area contributed by atoms with Crippen LogP contribution in [-0.4, -0.2) is 42.8 Å². The number of anilines is 1. The second-order valence-electron chi connectivity index (χ2n) is 7.96. The van der Waals surface area contributed by atoms with Gasteiger partial charge >= 0.3 is 15.5 Å². The van der Waals surface area contributed by atoms with E-state index in [0.717, 1.165) is 19.3 Å². The van der Waals surface area contributed by atoms with Crippen LogP contribution in [0.25, 0.3) is 10.9 Å². The molecule has 1 fully saturated rings. The molecule has 0 aliphatic carbocycles. The first-order valence-electron chi connectivity index (χ1n) is 10.2. The number of carbonyl (C=O) groups excluding carboxylic acids is 1. The van der Waals surface area contributed by atoms with Crippen molar-refractivity contribution >= 4 is 32.5 Å². The largest absolute Gasteiger partial charge is 0.516 e. The lowest BCUT2D eigenvalue weighted by Gasteiger charge is -2.31. The third kappa shape index (κ3) is 4.74. The van der Waals surface area contributed by atoms with Gasteiger partial charge in [0.05, 0.1) is 0 Å². The van der Waals surface area contributed by atoms with Gasteiger partial charge in [0.25, 0.3) is 5.91 Å². The van der Waals surface area contributed by atoms with Gasteiger partial charge in [0.15, 0.2) is 0 Å². The number of sulfonamides is 1. The first kappa shape index (κ1) is 22.2. The first-order chi connectivity index (χ1) is 15.1. The Morgan fingerprint density at radius 1 is 1.06 bits per heavy atom. The number of piperidine rings is 1. The molecular weight excluding hydrogens is 443 g/mol. The molecular formula is C22H22F3N3O3S. The number of H-pyrrole nitrogens is 1. The highest BCUT2D eigenvalue weighted by molar-refractivity contribution is 7.93. The molecule has 0 atom stereocenters. The van der Waals surface area contributed by atoms with E-state index < -0.39 is 15.5 Å². The molecule has 6 nitrogen and oxygen atoms in total. The van der Waals surface area contributed by atoms with Crippen molar-refractivity contribution in [2.75, 3.05) is 17.8 Å². The van der Waals surface area contributed by atoms with Gasteiger partial charge in [-0.2, -0.15) is 21.6 Å². The molecule has 4 rings (SSSR count). The van der Waals surface area contributed by atoms with Crippen LogP contribution in [0.3, 0.4) is 0 Å². The number of carbonyl (C=O) groups is 1. The van der Waals surface area contributed by atoms with Gasteiger partial charge in [0.2, 0.25) is 0 Å². The Labute approximate surface area is 183 Å². The lowest BCUT2D eigenvalue weighted by atomic mass is 9.90. The molecule has 0 radical (unpaired) electrons. The molecule has 1 aliphatic rings. The van der Waals surface area contributed by atoms with Crippen molar-refractivity contribution in [3.63, 3.8) is 0 Å². The van der Waals surface area contributed by atoms with E-state index in [1.54, 1.807) is 4.90 Å². The van der Waals surface area contributed by atoms with Crippen molar-refractivity contribution in [1.29, 1.82) is 0 Å². The molecule has 0 spiro atoms. The molecule has 1 aliphatic heterocycles. The summed E-state index contributed by atoms with van der Waals surface area (Å²) in [6.07, 6.45) is 2.76. The zero-order valence-electron chi connectivity index (χ0n) is 17.0. The van der Waals surface area contributed by atoms with E-state index in [4.69, 9.17) is 0 Å². The lowest BCUT2D eigenvalue weighted by Crippen LogP contribution is -2.39. The number of hydrogen-bond donors (Lipinski definition) is 2. The van der Waals surface area contributed by atoms with E-state index in [1.807, 2.05) is 18.2 Å². The minimum atomic E-state index is -5.51. The highest BCUT2D eigenvalue weighted by atomic mass is 32.2. The smallest absolute Gasteiger partial charge is 0.351 e. The maximum atomic E-state index is 12.9. The van der Waals surface area contributed by atoms with Gasteiger partial charge in [-0.05, 0) is 55.0 Å². The number of aromatic nitrogens is 1. The summed E-state index contributed by atoms with van der Waals surface area (Å²) < 4.78 is 61.9. The summed E-state index contributed by atoms with van der Waals surface area (Å²) in [5, 5.41) is 0.440. The molecule has 2 heterocycles.